The predicted molar refractivity (Wildman–Crippen MR) is 75.8 cm³/mol. The van der Waals surface area contributed by atoms with Gasteiger partial charge in [0.05, 0.1) is 12.1 Å². The van der Waals surface area contributed by atoms with Crippen molar-refractivity contribution in [3.05, 3.63) is 52.9 Å². The molecule has 0 fully saturated rings. The smallest absolute Gasteiger partial charge is 0.168 e. The number of benzene rings is 1. The first kappa shape index (κ1) is 13.5. The van der Waals surface area contributed by atoms with Crippen LogP contribution in [0, 0.1) is 0 Å². The van der Waals surface area contributed by atoms with Gasteiger partial charge in [-0.2, -0.15) is 0 Å². The Morgan fingerprint density at radius 2 is 1.89 bits per heavy atom. The van der Waals surface area contributed by atoms with Crippen LogP contribution in [0.25, 0.3) is 0 Å². The highest BCUT2D eigenvalue weighted by molar-refractivity contribution is 6.30. The lowest BCUT2D eigenvalue weighted by atomic mass is 10.1. The van der Waals surface area contributed by atoms with Crippen LogP contribution >= 0.6 is 11.6 Å². The van der Waals surface area contributed by atoms with Crippen molar-refractivity contribution in [2.75, 3.05) is 19.0 Å². The van der Waals surface area contributed by atoms with Crippen molar-refractivity contribution in [3.63, 3.8) is 0 Å². The highest BCUT2D eigenvalue weighted by Gasteiger charge is 2.09. The maximum Gasteiger partial charge on any atom is 0.168 e. The Morgan fingerprint density at radius 3 is 2.53 bits per heavy atom. The molecule has 19 heavy (non-hydrogen) atoms. The minimum atomic E-state index is 0.0140. The molecule has 0 saturated carbocycles. The fourth-order valence-corrected chi connectivity index (χ4v) is 1.76. The third-order valence-electron chi connectivity index (χ3n) is 2.68. The Kier molecular flexibility index (Phi) is 4.12. The van der Waals surface area contributed by atoms with Gasteiger partial charge in [0, 0.05) is 30.7 Å². The largest absolute Gasteiger partial charge is 0.363 e. The minimum Gasteiger partial charge on any atom is -0.363 e. The first-order valence-electron chi connectivity index (χ1n) is 5.83. The molecule has 0 saturated heterocycles. The Labute approximate surface area is 117 Å². The summed E-state index contributed by atoms with van der Waals surface area (Å²) in [6.07, 6.45) is 1.73. The van der Waals surface area contributed by atoms with E-state index in [0.29, 0.717) is 16.3 Å². The van der Waals surface area contributed by atoms with Gasteiger partial charge < -0.3 is 4.90 Å². The van der Waals surface area contributed by atoms with E-state index in [1.165, 1.54) is 6.33 Å². The molecule has 1 aromatic carbocycles. The van der Waals surface area contributed by atoms with Crippen LogP contribution in [0.1, 0.15) is 16.1 Å². The van der Waals surface area contributed by atoms with E-state index < -0.39 is 0 Å². The van der Waals surface area contributed by atoms with Crippen molar-refractivity contribution in [3.8, 4) is 0 Å². The predicted octanol–water partition coefficient (Wildman–Crippen LogP) is 2.62. The molecule has 2 rings (SSSR count). The number of hydrogen-bond donors (Lipinski definition) is 0. The van der Waals surface area contributed by atoms with Crippen LogP contribution in [0.15, 0.2) is 36.7 Å². The average Bonchev–Trinajstić information content (AvgIpc) is 2.39. The summed E-state index contributed by atoms with van der Waals surface area (Å²) in [5.41, 5.74) is 1.34. The third kappa shape index (κ3) is 3.51. The zero-order chi connectivity index (χ0) is 13.8. The highest BCUT2D eigenvalue weighted by Crippen LogP contribution is 2.13. The van der Waals surface area contributed by atoms with Gasteiger partial charge in [-0.3, -0.25) is 4.79 Å². The molecule has 0 bridgehead atoms. The first-order chi connectivity index (χ1) is 9.06. The monoisotopic (exact) mass is 275 g/mol. The molecule has 0 aliphatic rings. The van der Waals surface area contributed by atoms with Gasteiger partial charge in [-0.1, -0.05) is 11.6 Å². The topological polar surface area (TPSA) is 46.1 Å². The van der Waals surface area contributed by atoms with Crippen molar-refractivity contribution < 1.29 is 4.79 Å². The van der Waals surface area contributed by atoms with Gasteiger partial charge in [0.2, 0.25) is 0 Å². The number of hydrogen-bond acceptors (Lipinski definition) is 4. The molecule has 0 spiro atoms. The van der Waals surface area contributed by atoms with Crippen LogP contribution in [0.3, 0.4) is 0 Å². The number of Topliss-reactive ketones (excluding diaryl/α,β-unsaturated/α-hetero) is 1. The van der Waals surface area contributed by atoms with E-state index in [1.54, 1.807) is 24.3 Å². The van der Waals surface area contributed by atoms with Crippen molar-refractivity contribution >= 4 is 23.2 Å². The summed E-state index contributed by atoms with van der Waals surface area (Å²) in [6.45, 7) is 0. The number of carbonyl (C=O) groups excluding carboxylic acids is 1. The second kappa shape index (κ2) is 5.80. The van der Waals surface area contributed by atoms with E-state index in [2.05, 4.69) is 9.97 Å². The molecule has 0 N–H and O–H groups in total. The molecule has 1 heterocycles. The molecule has 0 unspecified atom stereocenters. The molecular weight excluding hydrogens is 262 g/mol. The summed E-state index contributed by atoms with van der Waals surface area (Å²) in [4.78, 5) is 22.2. The lowest BCUT2D eigenvalue weighted by molar-refractivity contribution is 0.0992. The normalized spacial score (nSPS) is 10.3. The number of ketones is 1. The van der Waals surface area contributed by atoms with Crippen LogP contribution in [0.5, 0.6) is 0 Å². The fraction of sp³-hybridized carbons (Fsp3) is 0.214. The molecule has 0 radical (unpaired) electrons. The molecule has 0 aliphatic heterocycles. The molecule has 1 aromatic heterocycles. The number of carbonyl (C=O) groups is 1. The number of anilines is 1. The number of rotatable bonds is 4. The second-order valence-electron chi connectivity index (χ2n) is 4.37. The molecule has 0 atom stereocenters. The third-order valence-corrected chi connectivity index (χ3v) is 2.93. The molecule has 98 valence electrons. The van der Waals surface area contributed by atoms with Crippen molar-refractivity contribution in [2.45, 2.75) is 6.42 Å². The maximum absolute atomic E-state index is 12.1. The zero-order valence-electron chi connectivity index (χ0n) is 10.8. The van der Waals surface area contributed by atoms with Crippen LogP contribution in [0.2, 0.25) is 5.02 Å². The van der Waals surface area contributed by atoms with E-state index in [4.69, 9.17) is 11.6 Å². The van der Waals surface area contributed by atoms with Crippen molar-refractivity contribution in [1.29, 1.82) is 0 Å². The Morgan fingerprint density at radius 1 is 1.21 bits per heavy atom. The van der Waals surface area contributed by atoms with E-state index in [9.17, 15) is 4.79 Å². The van der Waals surface area contributed by atoms with Crippen LogP contribution in [-0.2, 0) is 6.42 Å². The van der Waals surface area contributed by atoms with Crippen molar-refractivity contribution in [2.24, 2.45) is 0 Å². The van der Waals surface area contributed by atoms with Gasteiger partial charge in [0.15, 0.2) is 5.78 Å². The summed E-state index contributed by atoms with van der Waals surface area (Å²) in [7, 11) is 3.79. The van der Waals surface area contributed by atoms with Gasteiger partial charge >= 0.3 is 0 Å². The standard InChI is InChI=1S/C14H14ClN3O/c1-18(2)14-8-12(16-9-17-14)7-13(19)10-3-5-11(15)6-4-10/h3-6,8-9H,7H2,1-2H3. The maximum atomic E-state index is 12.1. The van der Waals surface area contributed by atoms with Crippen LogP contribution < -0.4 is 4.90 Å². The summed E-state index contributed by atoms with van der Waals surface area (Å²) >= 11 is 5.79. The molecule has 2 aromatic rings. The molecular formula is C14H14ClN3O. The zero-order valence-corrected chi connectivity index (χ0v) is 11.6. The summed E-state index contributed by atoms with van der Waals surface area (Å²) in [5.74, 6) is 0.800. The van der Waals surface area contributed by atoms with Gasteiger partial charge in [-0.25, -0.2) is 9.97 Å². The van der Waals surface area contributed by atoms with Crippen LogP contribution in [0.4, 0.5) is 5.82 Å². The van der Waals surface area contributed by atoms with Gasteiger partial charge in [-0.15, -0.1) is 0 Å². The van der Waals surface area contributed by atoms with Gasteiger partial charge in [0.1, 0.15) is 12.1 Å². The Balaban J connectivity index is 2.14. The Bertz CT molecular complexity index is 581. The molecule has 0 aliphatic carbocycles. The quantitative estimate of drug-likeness (QED) is 0.805. The molecule has 4 nitrogen and oxygen atoms in total. The first-order valence-corrected chi connectivity index (χ1v) is 6.21. The summed E-state index contributed by atoms with van der Waals surface area (Å²) < 4.78 is 0. The number of halogens is 1. The number of nitrogens with zero attached hydrogens (tertiary/aromatic N) is 3. The lowest BCUT2D eigenvalue weighted by Crippen LogP contribution is -2.12. The lowest BCUT2D eigenvalue weighted by Gasteiger charge is -2.11. The summed E-state index contributed by atoms with van der Waals surface area (Å²) in [5, 5.41) is 0.619. The van der Waals surface area contributed by atoms with E-state index in [1.807, 2.05) is 25.1 Å². The fourth-order valence-electron chi connectivity index (χ4n) is 1.63. The van der Waals surface area contributed by atoms with Gasteiger partial charge in [-0.05, 0) is 24.3 Å². The highest BCUT2D eigenvalue weighted by atomic mass is 35.5. The minimum absolute atomic E-state index is 0.0140. The SMILES string of the molecule is CN(C)c1cc(CC(=O)c2ccc(Cl)cc2)ncn1. The molecule has 0 amide bonds. The van der Waals surface area contributed by atoms with Crippen LogP contribution in [-0.4, -0.2) is 29.8 Å². The molecule has 5 heteroatoms. The van der Waals surface area contributed by atoms with Crippen molar-refractivity contribution in [1.82, 2.24) is 9.97 Å². The van der Waals surface area contributed by atoms with E-state index in [0.717, 1.165) is 5.82 Å². The van der Waals surface area contributed by atoms with E-state index >= 15 is 0 Å². The summed E-state index contributed by atoms with van der Waals surface area (Å²) in [6, 6.07) is 8.67. The number of aromatic nitrogens is 2. The van der Waals surface area contributed by atoms with Gasteiger partial charge in [0.25, 0.3) is 0 Å². The Hall–Kier alpha value is -1.94. The second-order valence-corrected chi connectivity index (χ2v) is 4.81. The average molecular weight is 276 g/mol. The van der Waals surface area contributed by atoms with E-state index in [-0.39, 0.29) is 12.2 Å².